The maximum atomic E-state index is 12.5. The average Bonchev–Trinajstić information content (AvgIpc) is 2.95. The molecule has 21 heavy (non-hydrogen) atoms. The van der Waals surface area contributed by atoms with E-state index in [1.54, 1.807) is 10.9 Å². The molecule has 1 aromatic heterocycles. The van der Waals surface area contributed by atoms with Crippen LogP contribution in [-0.4, -0.2) is 15.7 Å². The minimum absolute atomic E-state index is 0.116. The van der Waals surface area contributed by atoms with E-state index in [2.05, 4.69) is 10.4 Å². The van der Waals surface area contributed by atoms with Crippen molar-refractivity contribution in [3.63, 3.8) is 0 Å². The Morgan fingerprint density at radius 3 is 2.67 bits per heavy atom. The molecule has 4 heteroatoms. The molecular formula is C17H17N3O. The van der Waals surface area contributed by atoms with E-state index in [0.29, 0.717) is 11.4 Å². The van der Waals surface area contributed by atoms with Gasteiger partial charge in [0.1, 0.15) is 5.82 Å². The van der Waals surface area contributed by atoms with Crippen molar-refractivity contribution in [2.45, 2.75) is 19.9 Å². The maximum Gasteiger partial charge on any atom is 0.257 e. The van der Waals surface area contributed by atoms with Crippen molar-refractivity contribution in [1.82, 2.24) is 9.78 Å². The van der Waals surface area contributed by atoms with Crippen molar-refractivity contribution < 1.29 is 4.79 Å². The minimum Gasteiger partial charge on any atom is -0.307 e. The van der Waals surface area contributed by atoms with Crippen LogP contribution in [0.2, 0.25) is 0 Å². The summed E-state index contributed by atoms with van der Waals surface area (Å²) < 4.78 is 1.79. The molecule has 1 heterocycles. The van der Waals surface area contributed by atoms with Gasteiger partial charge in [-0.1, -0.05) is 36.4 Å². The normalized spacial score (nSPS) is 11.0. The minimum atomic E-state index is -0.116. The summed E-state index contributed by atoms with van der Waals surface area (Å²) in [6.45, 7) is 4.06. The number of hydrogen-bond donors (Lipinski definition) is 1. The SMILES string of the molecule is CC(C)n1nccc1NC(=O)c1cccc2ccccc12. The molecule has 0 bridgehead atoms. The lowest BCUT2D eigenvalue weighted by Crippen LogP contribution is -2.17. The number of carbonyl (C=O) groups is 1. The number of carbonyl (C=O) groups excluding carboxylic acids is 1. The summed E-state index contributed by atoms with van der Waals surface area (Å²) in [5.41, 5.74) is 0.671. The van der Waals surface area contributed by atoms with E-state index in [1.165, 1.54) is 0 Å². The van der Waals surface area contributed by atoms with Crippen LogP contribution in [0.15, 0.2) is 54.7 Å². The molecule has 4 nitrogen and oxygen atoms in total. The Balaban J connectivity index is 1.96. The molecule has 0 fully saturated rings. The van der Waals surface area contributed by atoms with Gasteiger partial charge < -0.3 is 5.32 Å². The molecule has 0 saturated heterocycles. The number of amides is 1. The highest BCUT2D eigenvalue weighted by Gasteiger charge is 2.13. The molecule has 3 aromatic rings. The first-order chi connectivity index (χ1) is 10.2. The van der Waals surface area contributed by atoms with E-state index in [1.807, 2.05) is 62.4 Å². The fraction of sp³-hybridized carbons (Fsp3) is 0.176. The van der Waals surface area contributed by atoms with Crippen LogP contribution >= 0.6 is 0 Å². The highest BCUT2D eigenvalue weighted by molar-refractivity contribution is 6.12. The predicted octanol–water partition coefficient (Wildman–Crippen LogP) is 3.87. The van der Waals surface area contributed by atoms with Crippen LogP contribution in [-0.2, 0) is 0 Å². The van der Waals surface area contributed by atoms with E-state index < -0.39 is 0 Å². The zero-order valence-electron chi connectivity index (χ0n) is 12.1. The molecular weight excluding hydrogens is 262 g/mol. The molecule has 0 saturated carbocycles. The van der Waals surface area contributed by atoms with Crippen molar-refractivity contribution >= 4 is 22.5 Å². The van der Waals surface area contributed by atoms with Crippen LogP contribution in [0, 0.1) is 0 Å². The van der Waals surface area contributed by atoms with Crippen LogP contribution in [0.25, 0.3) is 10.8 Å². The Hall–Kier alpha value is -2.62. The lowest BCUT2D eigenvalue weighted by Gasteiger charge is -2.12. The second-order valence-corrected chi connectivity index (χ2v) is 5.24. The number of nitrogens with one attached hydrogen (secondary N) is 1. The third-order valence-corrected chi connectivity index (χ3v) is 3.44. The van der Waals surface area contributed by atoms with Crippen LogP contribution < -0.4 is 5.32 Å². The molecule has 1 amide bonds. The fourth-order valence-corrected chi connectivity index (χ4v) is 2.43. The number of anilines is 1. The number of rotatable bonds is 3. The summed E-state index contributed by atoms with van der Waals surface area (Å²) >= 11 is 0. The molecule has 0 aliphatic carbocycles. The Kier molecular flexibility index (Phi) is 3.44. The zero-order chi connectivity index (χ0) is 14.8. The van der Waals surface area contributed by atoms with Gasteiger partial charge in [0.05, 0.1) is 6.20 Å². The van der Waals surface area contributed by atoms with Crippen LogP contribution in [0.5, 0.6) is 0 Å². The highest BCUT2D eigenvalue weighted by atomic mass is 16.1. The number of fused-ring (bicyclic) bond motifs is 1. The first kappa shape index (κ1) is 13.4. The fourth-order valence-electron chi connectivity index (χ4n) is 2.43. The molecule has 0 aliphatic heterocycles. The Morgan fingerprint density at radius 1 is 1.10 bits per heavy atom. The van der Waals surface area contributed by atoms with Crippen molar-refractivity contribution in [2.24, 2.45) is 0 Å². The summed E-state index contributed by atoms with van der Waals surface area (Å²) in [4.78, 5) is 12.5. The van der Waals surface area contributed by atoms with Gasteiger partial charge in [0, 0.05) is 17.7 Å². The largest absolute Gasteiger partial charge is 0.307 e. The lowest BCUT2D eigenvalue weighted by atomic mass is 10.0. The quantitative estimate of drug-likeness (QED) is 0.791. The monoisotopic (exact) mass is 279 g/mol. The van der Waals surface area contributed by atoms with E-state index in [0.717, 1.165) is 10.8 Å². The third kappa shape index (κ3) is 2.52. The topological polar surface area (TPSA) is 46.9 Å². The third-order valence-electron chi connectivity index (χ3n) is 3.44. The van der Waals surface area contributed by atoms with Crippen molar-refractivity contribution in [2.75, 3.05) is 5.32 Å². The smallest absolute Gasteiger partial charge is 0.257 e. The summed E-state index contributed by atoms with van der Waals surface area (Å²) in [5, 5.41) is 9.18. The Labute approximate surface area is 123 Å². The second kappa shape index (κ2) is 5.40. The second-order valence-electron chi connectivity index (χ2n) is 5.24. The van der Waals surface area contributed by atoms with Gasteiger partial charge in [-0.3, -0.25) is 4.79 Å². The van der Waals surface area contributed by atoms with Gasteiger partial charge in [-0.05, 0) is 30.7 Å². The van der Waals surface area contributed by atoms with Crippen molar-refractivity contribution in [1.29, 1.82) is 0 Å². The standard InChI is InChI=1S/C17H17N3O/c1-12(2)20-16(10-11-18-20)19-17(21)15-9-5-7-13-6-3-4-8-14(13)15/h3-12H,1-2H3,(H,19,21). The summed E-state index contributed by atoms with van der Waals surface area (Å²) in [6, 6.07) is 15.6. The first-order valence-electron chi connectivity index (χ1n) is 6.99. The summed E-state index contributed by atoms with van der Waals surface area (Å²) in [7, 11) is 0. The molecule has 3 rings (SSSR count). The van der Waals surface area contributed by atoms with Gasteiger partial charge in [-0.15, -0.1) is 0 Å². The molecule has 0 unspecified atom stereocenters. The molecule has 106 valence electrons. The van der Waals surface area contributed by atoms with Crippen molar-refractivity contribution in [3.8, 4) is 0 Å². The average molecular weight is 279 g/mol. The Morgan fingerprint density at radius 2 is 1.86 bits per heavy atom. The molecule has 0 radical (unpaired) electrons. The highest BCUT2D eigenvalue weighted by Crippen LogP contribution is 2.20. The zero-order valence-corrected chi connectivity index (χ0v) is 12.1. The summed E-state index contributed by atoms with van der Waals surface area (Å²) in [5.74, 6) is 0.595. The Bertz CT molecular complexity index is 784. The molecule has 0 aliphatic rings. The van der Waals surface area contributed by atoms with Crippen LogP contribution in [0.4, 0.5) is 5.82 Å². The van der Waals surface area contributed by atoms with Crippen molar-refractivity contribution in [3.05, 3.63) is 60.3 Å². The van der Waals surface area contributed by atoms with Gasteiger partial charge in [-0.2, -0.15) is 5.10 Å². The van der Waals surface area contributed by atoms with E-state index in [-0.39, 0.29) is 11.9 Å². The number of benzene rings is 2. The first-order valence-corrected chi connectivity index (χ1v) is 6.99. The predicted molar refractivity (Wildman–Crippen MR) is 84.5 cm³/mol. The molecule has 0 spiro atoms. The van der Waals surface area contributed by atoms with Crippen LogP contribution in [0.1, 0.15) is 30.2 Å². The van der Waals surface area contributed by atoms with Gasteiger partial charge in [0.25, 0.3) is 5.91 Å². The summed E-state index contributed by atoms with van der Waals surface area (Å²) in [6.07, 6.45) is 1.69. The number of hydrogen-bond acceptors (Lipinski definition) is 2. The van der Waals surface area contributed by atoms with E-state index in [9.17, 15) is 4.79 Å². The molecule has 0 atom stereocenters. The van der Waals surface area contributed by atoms with Gasteiger partial charge in [-0.25, -0.2) is 4.68 Å². The lowest BCUT2D eigenvalue weighted by molar-refractivity contribution is 0.102. The molecule has 1 N–H and O–H groups in total. The van der Waals surface area contributed by atoms with Gasteiger partial charge >= 0.3 is 0 Å². The maximum absolute atomic E-state index is 12.5. The van der Waals surface area contributed by atoms with Gasteiger partial charge in [0.2, 0.25) is 0 Å². The van der Waals surface area contributed by atoms with E-state index in [4.69, 9.17) is 0 Å². The van der Waals surface area contributed by atoms with E-state index >= 15 is 0 Å². The number of aromatic nitrogens is 2. The van der Waals surface area contributed by atoms with Gasteiger partial charge in [0.15, 0.2) is 0 Å². The van der Waals surface area contributed by atoms with Crippen LogP contribution in [0.3, 0.4) is 0 Å². The molecule has 2 aromatic carbocycles. The number of nitrogens with zero attached hydrogens (tertiary/aromatic N) is 2.